The fraction of sp³-hybridized carbons (Fsp3) is 0.318. The monoisotopic (exact) mass is 376 g/mol. The lowest BCUT2D eigenvalue weighted by Gasteiger charge is -2.25. The number of nitrogens with zero attached hydrogens (tertiary/aromatic N) is 3. The minimum Gasteiger partial charge on any atom is -0.465 e. The van der Waals surface area contributed by atoms with Crippen molar-refractivity contribution in [1.29, 1.82) is 0 Å². The van der Waals surface area contributed by atoms with E-state index in [4.69, 9.17) is 9.84 Å². The maximum atomic E-state index is 12.2. The number of nitrogens with one attached hydrogen (secondary N) is 1. The Morgan fingerprint density at radius 1 is 1.25 bits per heavy atom. The second-order valence-corrected chi connectivity index (χ2v) is 7.02. The second kappa shape index (κ2) is 8.35. The molecule has 144 valence electrons. The molecule has 0 spiro atoms. The average molecular weight is 376 g/mol. The van der Waals surface area contributed by atoms with Crippen molar-refractivity contribution in [3.63, 3.8) is 0 Å². The number of ether oxygens (including phenoxy) is 1. The molecule has 1 N–H and O–H groups in total. The molecule has 1 unspecified atom stereocenters. The van der Waals surface area contributed by atoms with Crippen LogP contribution in [0.25, 0.3) is 11.1 Å². The van der Waals surface area contributed by atoms with E-state index >= 15 is 0 Å². The Balaban J connectivity index is 1.78. The molecule has 0 bridgehead atoms. The summed E-state index contributed by atoms with van der Waals surface area (Å²) in [6.07, 6.45) is 8.10. The molecule has 3 heterocycles. The van der Waals surface area contributed by atoms with Crippen LogP contribution in [-0.2, 0) is 11.2 Å². The molecule has 1 atom stereocenters. The molecule has 0 radical (unpaired) electrons. The number of benzene rings is 1. The van der Waals surface area contributed by atoms with Crippen molar-refractivity contribution in [2.24, 2.45) is 0 Å². The van der Waals surface area contributed by atoms with Gasteiger partial charge in [-0.1, -0.05) is 30.3 Å². The Morgan fingerprint density at radius 3 is 2.86 bits per heavy atom. The third-order valence-corrected chi connectivity index (χ3v) is 5.27. The summed E-state index contributed by atoms with van der Waals surface area (Å²) in [5, 5.41) is 8.21. The van der Waals surface area contributed by atoms with Crippen molar-refractivity contribution in [3.8, 4) is 11.1 Å². The fourth-order valence-corrected chi connectivity index (χ4v) is 3.84. The van der Waals surface area contributed by atoms with Crippen LogP contribution < -0.4 is 5.32 Å². The first-order valence-corrected chi connectivity index (χ1v) is 9.61. The number of methoxy groups -OCH3 is 1. The second-order valence-electron chi connectivity index (χ2n) is 7.02. The molecular weight excluding hydrogens is 352 g/mol. The van der Waals surface area contributed by atoms with Crippen LogP contribution in [0.3, 0.4) is 0 Å². The van der Waals surface area contributed by atoms with Crippen LogP contribution in [0, 0.1) is 0 Å². The van der Waals surface area contributed by atoms with E-state index in [1.54, 1.807) is 18.5 Å². The van der Waals surface area contributed by atoms with Crippen molar-refractivity contribution in [1.82, 2.24) is 20.1 Å². The number of hydrogen-bond acceptors (Lipinski definition) is 5. The van der Waals surface area contributed by atoms with Gasteiger partial charge in [-0.05, 0) is 36.6 Å². The zero-order valence-electron chi connectivity index (χ0n) is 16.0. The standard InChI is InChI=1S/C22H24N4O2/c1-28-22(27)19-9-11-24-13-17(19)12-21-20(16-6-3-2-4-7-16)15-25-26(21)18-8-5-10-23-14-18/h2-4,6-7,9,11,13,15,18,23H,5,8,10,12,14H2,1H3. The highest BCUT2D eigenvalue weighted by Gasteiger charge is 2.23. The summed E-state index contributed by atoms with van der Waals surface area (Å²) in [6, 6.07) is 12.3. The molecule has 6 heteroatoms. The largest absolute Gasteiger partial charge is 0.465 e. The predicted molar refractivity (Wildman–Crippen MR) is 107 cm³/mol. The van der Waals surface area contributed by atoms with Gasteiger partial charge in [-0.2, -0.15) is 5.10 Å². The Labute approximate surface area is 164 Å². The lowest BCUT2D eigenvalue weighted by Crippen LogP contribution is -2.33. The maximum Gasteiger partial charge on any atom is 0.338 e. The number of carbonyl (C=O) groups is 1. The van der Waals surface area contributed by atoms with Crippen LogP contribution in [0.5, 0.6) is 0 Å². The highest BCUT2D eigenvalue weighted by molar-refractivity contribution is 5.91. The van der Waals surface area contributed by atoms with E-state index in [0.717, 1.165) is 48.3 Å². The molecule has 3 aromatic rings. The number of carbonyl (C=O) groups excluding carboxylic acids is 1. The molecule has 0 aliphatic carbocycles. The molecular formula is C22H24N4O2. The first kappa shape index (κ1) is 18.4. The van der Waals surface area contributed by atoms with Crippen molar-refractivity contribution in [2.45, 2.75) is 25.3 Å². The third kappa shape index (κ3) is 3.68. The molecule has 0 amide bonds. The van der Waals surface area contributed by atoms with Crippen LogP contribution in [0.1, 0.15) is 40.5 Å². The lowest BCUT2D eigenvalue weighted by molar-refractivity contribution is 0.0599. The summed E-state index contributed by atoms with van der Waals surface area (Å²) in [7, 11) is 1.40. The Kier molecular flexibility index (Phi) is 5.48. The Bertz CT molecular complexity index is 946. The van der Waals surface area contributed by atoms with E-state index in [2.05, 4.69) is 27.1 Å². The Hall–Kier alpha value is -2.99. The van der Waals surface area contributed by atoms with Crippen LogP contribution >= 0.6 is 0 Å². The normalized spacial score (nSPS) is 16.7. The van der Waals surface area contributed by atoms with Gasteiger partial charge in [0.1, 0.15) is 0 Å². The molecule has 2 aromatic heterocycles. The van der Waals surface area contributed by atoms with Gasteiger partial charge in [-0.3, -0.25) is 9.67 Å². The van der Waals surface area contributed by atoms with Crippen molar-refractivity contribution in [3.05, 3.63) is 71.8 Å². The number of rotatable bonds is 5. The maximum absolute atomic E-state index is 12.2. The van der Waals surface area contributed by atoms with Crippen molar-refractivity contribution < 1.29 is 9.53 Å². The van der Waals surface area contributed by atoms with Gasteiger partial charge in [-0.15, -0.1) is 0 Å². The summed E-state index contributed by atoms with van der Waals surface area (Å²) in [5.41, 5.74) is 4.70. The fourth-order valence-electron chi connectivity index (χ4n) is 3.84. The zero-order chi connectivity index (χ0) is 19.3. The molecule has 1 aliphatic heterocycles. The smallest absolute Gasteiger partial charge is 0.338 e. The molecule has 1 aliphatic rings. The minimum absolute atomic E-state index is 0.305. The SMILES string of the molecule is COC(=O)c1ccncc1Cc1c(-c2ccccc2)cnn1C1CCCNC1. The molecule has 6 nitrogen and oxygen atoms in total. The van der Waals surface area contributed by atoms with Crippen LogP contribution in [0.2, 0.25) is 0 Å². The van der Waals surface area contributed by atoms with E-state index in [-0.39, 0.29) is 5.97 Å². The topological polar surface area (TPSA) is 69.0 Å². The predicted octanol–water partition coefficient (Wildman–Crippen LogP) is 3.25. The highest BCUT2D eigenvalue weighted by atomic mass is 16.5. The molecule has 1 fully saturated rings. The number of esters is 1. The summed E-state index contributed by atoms with van der Waals surface area (Å²) in [4.78, 5) is 16.5. The summed E-state index contributed by atoms with van der Waals surface area (Å²) in [6.45, 7) is 1.95. The van der Waals surface area contributed by atoms with Gasteiger partial charge in [-0.25, -0.2) is 4.79 Å². The summed E-state index contributed by atoms with van der Waals surface area (Å²) >= 11 is 0. The zero-order valence-corrected chi connectivity index (χ0v) is 16.0. The number of hydrogen-bond donors (Lipinski definition) is 1. The molecule has 1 aromatic carbocycles. The summed E-state index contributed by atoms with van der Waals surface area (Å²) in [5.74, 6) is -0.343. The van der Waals surface area contributed by atoms with Crippen LogP contribution in [-0.4, -0.2) is 40.9 Å². The van der Waals surface area contributed by atoms with Gasteiger partial charge in [0.05, 0.1) is 30.6 Å². The molecule has 0 saturated carbocycles. The average Bonchev–Trinajstić information content (AvgIpc) is 3.18. The summed E-state index contributed by atoms with van der Waals surface area (Å²) < 4.78 is 7.09. The molecule has 4 rings (SSSR count). The van der Waals surface area contributed by atoms with Gasteiger partial charge in [0.25, 0.3) is 0 Å². The van der Waals surface area contributed by atoms with Gasteiger partial charge in [0, 0.05) is 30.9 Å². The number of pyridine rings is 1. The van der Waals surface area contributed by atoms with Crippen molar-refractivity contribution >= 4 is 5.97 Å². The van der Waals surface area contributed by atoms with E-state index in [0.29, 0.717) is 18.0 Å². The lowest BCUT2D eigenvalue weighted by atomic mass is 9.98. The van der Waals surface area contributed by atoms with Gasteiger partial charge >= 0.3 is 5.97 Å². The van der Waals surface area contributed by atoms with Crippen LogP contribution in [0.15, 0.2) is 55.0 Å². The molecule has 28 heavy (non-hydrogen) atoms. The van der Waals surface area contributed by atoms with E-state index in [1.165, 1.54) is 7.11 Å². The number of aromatic nitrogens is 3. The quantitative estimate of drug-likeness (QED) is 0.692. The minimum atomic E-state index is -0.343. The molecule has 1 saturated heterocycles. The van der Waals surface area contributed by atoms with Crippen molar-refractivity contribution in [2.75, 3.05) is 20.2 Å². The van der Waals surface area contributed by atoms with Gasteiger partial charge in [0.15, 0.2) is 0 Å². The first-order valence-electron chi connectivity index (χ1n) is 9.61. The number of piperidine rings is 1. The van der Waals surface area contributed by atoms with E-state index in [1.807, 2.05) is 24.4 Å². The highest BCUT2D eigenvalue weighted by Crippen LogP contribution is 2.30. The third-order valence-electron chi connectivity index (χ3n) is 5.27. The van der Waals surface area contributed by atoms with Crippen LogP contribution in [0.4, 0.5) is 0 Å². The van der Waals surface area contributed by atoms with Gasteiger partial charge < -0.3 is 10.1 Å². The Morgan fingerprint density at radius 2 is 2.11 bits per heavy atom. The first-order chi connectivity index (χ1) is 13.8. The van der Waals surface area contributed by atoms with Gasteiger partial charge in [0.2, 0.25) is 0 Å². The van der Waals surface area contributed by atoms with E-state index < -0.39 is 0 Å². The van der Waals surface area contributed by atoms with E-state index in [9.17, 15) is 4.79 Å².